The molecule has 2 atom stereocenters. The van der Waals surface area contributed by atoms with Crippen LogP contribution in [0.25, 0.3) is 0 Å². The smallest absolute Gasteiger partial charge is 0.00461 e. The Morgan fingerprint density at radius 2 is 1.69 bits per heavy atom. The Hall–Kier alpha value is -0.0400. The van der Waals surface area contributed by atoms with Gasteiger partial charge in [0.05, 0.1) is 0 Å². The predicted molar refractivity (Wildman–Crippen MR) is 56.4 cm³/mol. The van der Waals surface area contributed by atoms with E-state index in [0.717, 1.165) is 30.2 Å². The second kappa shape index (κ2) is 4.00. The predicted octanol–water partition coefficient (Wildman–Crippen LogP) is 2.80. The molecule has 0 bridgehead atoms. The van der Waals surface area contributed by atoms with Crippen LogP contribution in [-0.4, -0.2) is 6.54 Å². The molecule has 1 heteroatoms. The second-order valence-electron chi connectivity index (χ2n) is 5.26. The second-order valence-corrected chi connectivity index (χ2v) is 5.26. The highest BCUT2D eigenvalue weighted by atomic mass is 14.6. The van der Waals surface area contributed by atoms with Gasteiger partial charge in [-0.15, -0.1) is 0 Å². The van der Waals surface area contributed by atoms with Gasteiger partial charge in [-0.2, -0.15) is 0 Å². The molecular formula is C12H23N. The van der Waals surface area contributed by atoms with E-state index in [2.05, 4.69) is 6.92 Å². The van der Waals surface area contributed by atoms with Crippen molar-refractivity contribution in [2.45, 2.75) is 45.4 Å². The third-order valence-electron chi connectivity index (χ3n) is 4.45. The fourth-order valence-electron chi connectivity index (χ4n) is 3.22. The first-order valence-electron chi connectivity index (χ1n) is 6.01. The zero-order valence-corrected chi connectivity index (χ0v) is 8.84. The Bertz CT molecular complexity index is 157. The highest BCUT2D eigenvalue weighted by molar-refractivity contribution is 4.88. The molecule has 76 valence electrons. The van der Waals surface area contributed by atoms with Crippen molar-refractivity contribution in [3.05, 3.63) is 0 Å². The summed E-state index contributed by atoms with van der Waals surface area (Å²) in [5.41, 5.74) is 5.76. The van der Waals surface area contributed by atoms with Crippen LogP contribution in [0.2, 0.25) is 0 Å². The van der Waals surface area contributed by atoms with Crippen LogP contribution in [0.4, 0.5) is 0 Å². The molecule has 0 heterocycles. The van der Waals surface area contributed by atoms with Gasteiger partial charge in [0.15, 0.2) is 0 Å². The number of hydrogen-bond donors (Lipinski definition) is 1. The van der Waals surface area contributed by atoms with Crippen LogP contribution in [-0.2, 0) is 0 Å². The molecule has 13 heavy (non-hydrogen) atoms. The molecule has 2 fully saturated rings. The average molecular weight is 181 g/mol. The molecule has 0 aromatic carbocycles. The van der Waals surface area contributed by atoms with Crippen molar-refractivity contribution < 1.29 is 0 Å². The summed E-state index contributed by atoms with van der Waals surface area (Å²) in [6, 6.07) is 0. The number of rotatable bonds is 2. The standard InChI is InChI=1S/C12H23N/c1-9-2-4-10(5-3-9)12-7-6-11(12)8-13/h9-12H,2-8,13H2,1H3. The van der Waals surface area contributed by atoms with Gasteiger partial charge >= 0.3 is 0 Å². The first-order valence-corrected chi connectivity index (χ1v) is 6.01. The van der Waals surface area contributed by atoms with Gasteiger partial charge in [-0.1, -0.05) is 19.8 Å². The third-order valence-corrected chi connectivity index (χ3v) is 4.45. The SMILES string of the molecule is CC1CCC(C2CCC2CN)CC1. The fourth-order valence-corrected chi connectivity index (χ4v) is 3.22. The van der Waals surface area contributed by atoms with Crippen molar-refractivity contribution in [2.24, 2.45) is 29.4 Å². The maximum atomic E-state index is 5.76. The summed E-state index contributed by atoms with van der Waals surface area (Å²) < 4.78 is 0. The highest BCUT2D eigenvalue weighted by Crippen LogP contribution is 2.45. The lowest BCUT2D eigenvalue weighted by Gasteiger charge is -2.44. The lowest BCUT2D eigenvalue weighted by molar-refractivity contribution is 0.0753. The van der Waals surface area contributed by atoms with Crippen molar-refractivity contribution in [3.8, 4) is 0 Å². The minimum atomic E-state index is 0.887. The minimum absolute atomic E-state index is 0.887. The molecular weight excluding hydrogens is 158 g/mol. The average Bonchev–Trinajstić information content (AvgIpc) is 2.08. The molecule has 2 N–H and O–H groups in total. The van der Waals surface area contributed by atoms with Gasteiger partial charge in [-0.3, -0.25) is 0 Å². The Morgan fingerprint density at radius 1 is 1.00 bits per heavy atom. The normalized spacial score (nSPS) is 45.7. The van der Waals surface area contributed by atoms with E-state index in [4.69, 9.17) is 5.73 Å². The van der Waals surface area contributed by atoms with E-state index in [9.17, 15) is 0 Å². The molecule has 2 aliphatic carbocycles. The topological polar surface area (TPSA) is 26.0 Å². The molecule has 2 unspecified atom stereocenters. The summed E-state index contributed by atoms with van der Waals surface area (Å²) in [7, 11) is 0. The molecule has 0 radical (unpaired) electrons. The Kier molecular flexibility index (Phi) is 2.92. The summed E-state index contributed by atoms with van der Waals surface area (Å²) in [4.78, 5) is 0. The van der Waals surface area contributed by atoms with Crippen molar-refractivity contribution in [1.82, 2.24) is 0 Å². The summed E-state index contributed by atoms with van der Waals surface area (Å²) in [5, 5.41) is 0. The Morgan fingerprint density at radius 3 is 2.15 bits per heavy atom. The maximum absolute atomic E-state index is 5.76. The summed E-state index contributed by atoms with van der Waals surface area (Å²) in [6.07, 6.45) is 8.80. The largest absolute Gasteiger partial charge is 0.330 e. The van der Waals surface area contributed by atoms with Crippen LogP contribution in [0, 0.1) is 23.7 Å². The molecule has 2 aliphatic rings. The monoisotopic (exact) mass is 181 g/mol. The van der Waals surface area contributed by atoms with Crippen molar-refractivity contribution in [3.63, 3.8) is 0 Å². The van der Waals surface area contributed by atoms with E-state index in [-0.39, 0.29) is 0 Å². The Labute approximate surface area is 82.1 Å². The summed E-state index contributed by atoms with van der Waals surface area (Å²) in [6.45, 7) is 3.34. The van der Waals surface area contributed by atoms with Crippen molar-refractivity contribution in [1.29, 1.82) is 0 Å². The van der Waals surface area contributed by atoms with Crippen molar-refractivity contribution in [2.75, 3.05) is 6.54 Å². The number of hydrogen-bond acceptors (Lipinski definition) is 1. The zero-order valence-electron chi connectivity index (χ0n) is 8.84. The Balaban J connectivity index is 1.81. The summed E-state index contributed by atoms with van der Waals surface area (Å²) in [5.74, 6) is 3.93. The quantitative estimate of drug-likeness (QED) is 0.696. The van der Waals surface area contributed by atoms with Gasteiger partial charge in [0.2, 0.25) is 0 Å². The highest BCUT2D eigenvalue weighted by Gasteiger charge is 2.36. The van der Waals surface area contributed by atoms with Crippen LogP contribution >= 0.6 is 0 Å². The van der Waals surface area contributed by atoms with Crippen LogP contribution in [0.1, 0.15) is 45.4 Å². The van der Waals surface area contributed by atoms with Gasteiger partial charge in [0, 0.05) is 0 Å². The fraction of sp³-hybridized carbons (Fsp3) is 1.00. The van der Waals surface area contributed by atoms with Crippen LogP contribution in [0.5, 0.6) is 0 Å². The third kappa shape index (κ3) is 1.90. The summed E-state index contributed by atoms with van der Waals surface area (Å²) >= 11 is 0. The molecule has 0 amide bonds. The first kappa shape index (κ1) is 9.51. The van der Waals surface area contributed by atoms with Crippen molar-refractivity contribution >= 4 is 0 Å². The van der Waals surface area contributed by atoms with Gasteiger partial charge in [0.1, 0.15) is 0 Å². The molecule has 1 nitrogen and oxygen atoms in total. The molecule has 0 aromatic heterocycles. The van der Waals surface area contributed by atoms with E-state index in [1.807, 2.05) is 0 Å². The van der Waals surface area contributed by atoms with Crippen LogP contribution in [0.15, 0.2) is 0 Å². The lowest BCUT2D eigenvalue weighted by atomic mass is 9.62. The van der Waals surface area contributed by atoms with E-state index in [1.165, 1.54) is 38.5 Å². The maximum Gasteiger partial charge on any atom is -0.00461 e. The van der Waals surface area contributed by atoms with Gasteiger partial charge < -0.3 is 5.73 Å². The minimum Gasteiger partial charge on any atom is -0.330 e. The van der Waals surface area contributed by atoms with Gasteiger partial charge in [-0.25, -0.2) is 0 Å². The molecule has 0 spiro atoms. The molecule has 0 aliphatic heterocycles. The van der Waals surface area contributed by atoms with E-state index in [1.54, 1.807) is 0 Å². The molecule has 2 saturated carbocycles. The molecule has 2 rings (SSSR count). The van der Waals surface area contributed by atoms with Gasteiger partial charge in [-0.05, 0) is 55.9 Å². The van der Waals surface area contributed by atoms with E-state index < -0.39 is 0 Å². The number of nitrogens with two attached hydrogens (primary N) is 1. The van der Waals surface area contributed by atoms with E-state index in [0.29, 0.717) is 0 Å². The zero-order chi connectivity index (χ0) is 9.26. The lowest BCUT2D eigenvalue weighted by Crippen LogP contribution is -2.38. The molecule has 0 aromatic rings. The first-order chi connectivity index (χ1) is 6.31. The molecule has 0 saturated heterocycles. The van der Waals surface area contributed by atoms with Crippen LogP contribution in [0.3, 0.4) is 0 Å². The van der Waals surface area contributed by atoms with Crippen LogP contribution < -0.4 is 5.73 Å². The van der Waals surface area contributed by atoms with E-state index >= 15 is 0 Å². The van der Waals surface area contributed by atoms with Gasteiger partial charge in [0.25, 0.3) is 0 Å².